The predicted octanol–water partition coefficient (Wildman–Crippen LogP) is 4.91. The SMILES string of the molecule is CCOC(=O)c1c(NC(=O)CC(NC(=O)c2ccccc2)c2ccccc2)sc2c1CCC2. The van der Waals surface area contributed by atoms with E-state index in [1.165, 1.54) is 11.3 Å². The minimum Gasteiger partial charge on any atom is -0.462 e. The first kappa shape index (κ1) is 22.7. The molecule has 2 aromatic carbocycles. The van der Waals surface area contributed by atoms with Gasteiger partial charge >= 0.3 is 5.97 Å². The number of benzene rings is 2. The molecule has 4 rings (SSSR count). The van der Waals surface area contributed by atoms with Crippen molar-refractivity contribution in [2.75, 3.05) is 11.9 Å². The number of aryl methyl sites for hydroxylation is 1. The average molecular weight is 463 g/mol. The Hall–Kier alpha value is -3.45. The molecule has 1 aliphatic rings. The van der Waals surface area contributed by atoms with Gasteiger partial charge in [-0.25, -0.2) is 4.79 Å². The van der Waals surface area contributed by atoms with Gasteiger partial charge in [0.1, 0.15) is 5.00 Å². The Morgan fingerprint density at radius 2 is 1.70 bits per heavy atom. The highest BCUT2D eigenvalue weighted by Crippen LogP contribution is 2.39. The number of carbonyl (C=O) groups excluding carboxylic acids is 3. The van der Waals surface area contributed by atoms with E-state index in [0.717, 1.165) is 35.3 Å². The van der Waals surface area contributed by atoms with Gasteiger partial charge in [0.2, 0.25) is 5.91 Å². The van der Waals surface area contributed by atoms with Gasteiger partial charge in [-0.3, -0.25) is 9.59 Å². The molecule has 1 aromatic heterocycles. The maximum Gasteiger partial charge on any atom is 0.341 e. The third kappa shape index (κ3) is 5.31. The van der Waals surface area contributed by atoms with Crippen molar-refractivity contribution in [2.24, 2.45) is 0 Å². The number of rotatable bonds is 8. The molecule has 6 nitrogen and oxygen atoms in total. The first-order valence-electron chi connectivity index (χ1n) is 11.1. The van der Waals surface area contributed by atoms with Crippen LogP contribution in [-0.4, -0.2) is 24.4 Å². The van der Waals surface area contributed by atoms with Crippen LogP contribution in [0.2, 0.25) is 0 Å². The quantitative estimate of drug-likeness (QED) is 0.466. The summed E-state index contributed by atoms with van der Waals surface area (Å²) in [7, 11) is 0. The van der Waals surface area contributed by atoms with Crippen molar-refractivity contribution in [3.8, 4) is 0 Å². The molecule has 3 aromatic rings. The summed E-state index contributed by atoms with van der Waals surface area (Å²) >= 11 is 1.44. The van der Waals surface area contributed by atoms with Crippen LogP contribution in [0.4, 0.5) is 5.00 Å². The van der Waals surface area contributed by atoms with Crippen LogP contribution in [0.25, 0.3) is 0 Å². The van der Waals surface area contributed by atoms with Crippen molar-refractivity contribution in [2.45, 2.75) is 38.6 Å². The fraction of sp³-hybridized carbons (Fsp3) is 0.269. The van der Waals surface area contributed by atoms with Gasteiger partial charge in [-0.15, -0.1) is 11.3 Å². The molecular formula is C26H26N2O4S. The van der Waals surface area contributed by atoms with Crippen LogP contribution in [0.3, 0.4) is 0 Å². The number of fused-ring (bicyclic) bond motifs is 1. The molecule has 1 aliphatic carbocycles. The maximum absolute atomic E-state index is 13.1. The summed E-state index contributed by atoms with van der Waals surface area (Å²) in [6, 6.07) is 17.8. The molecule has 7 heteroatoms. The second-order valence-corrected chi connectivity index (χ2v) is 8.94. The van der Waals surface area contributed by atoms with E-state index in [1.807, 2.05) is 36.4 Å². The fourth-order valence-corrected chi connectivity index (χ4v) is 5.34. The molecule has 1 atom stereocenters. The van der Waals surface area contributed by atoms with Crippen LogP contribution in [0.5, 0.6) is 0 Å². The van der Waals surface area contributed by atoms with Gasteiger partial charge in [0.15, 0.2) is 0 Å². The topological polar surface area (TPSA) is 84.5 Å². The zero-order valence-electron chi connectivity index (χ0n) is 18.4. The fourth-order valence-electron chi connectivity index (χ4n) is 4.04. The lowest BCUT2D eigenvalue weighted by molar-refractivity contribution is -0.116. The summed E-state index contributed by atoms with van der Waals surface area (Å²) in [6.07, 6.45) is 2.76. The van der Waals surface area contributed by atoms with Crippen molar-refractivity contribution in [1.29, 1.82) is 0 Å². The standard InChI is InChI=1S/C26H26N2O4S/c1-2-32-26(31)23-19-14-9-15-21(19)33-25(23)28-22(29)16-20(17-10-5-3-6-11-17)27-24(30)18-12-7-4-8-13-18/h3-8,10-13,20H,2,9,14-16H2,1H3,(H,27,30)(H,28,29). The third-order valence-corrected chi connectivity index (χ3v) is 6.79. The van der Waals surface area contributed by atoms with Crippen molar-refractivity contribution in [3.63, 3.8) is 0 Å². The molecule has 0 aliphatic heterocycles. The second kappa shape index (κ2) is 10.4. The van der Waals surface area contributed by atoms with Gasteiger partial charge in [0.25, 0.3) is 5.91 Å². The Balaban J connectivity index is 1.53. The van der Waals surface area contributed by atoms with Crippen LogP contribution >= 0.6 is 11.3 Å². The second-order valence-electron chi connectivity index (χ2n) is 7.84. The maximum atomic E-state index is 13.1. The van der Waals surface area contributed by atoms with E-state index >= 15 is 0 Å². The number of ether oxygens (including phenoxy) is 1. The molecule has 0 spiro atoms. The summed E-state index contributed by atoms with van der Waals surface area (Å²) < 4.78 is 5.25. The van der Waals surface area contributed by atoms with Crippen molar-refractivity contribution in [1.82, 2.24) is 5.32 Å². The molecule has 1 unspecified atom stereocenters. The van der Waals surface area contributed by atoms with Gasteiger partial charge < -0.3 is 15.4 Å². The summed E-state index contributed by atoms with van der Waals surface area (Å²) in [6.45, 7) is 2.04. The highest BCUT2D eigenvalue weighted by atomic mass is 32.1. The summed E-state index contributed by atoms with van der Waals surface area (Å²) in [5.74, 6) is -0.925. The normalized spacial score (nSPS) is 13.1. The number of nitrogens with one attached hydrogen (secondary N) is 2. The number of thiophene rings is 1. The number of hydrogen-bond donors (Lipinski definition) is 2. The van der Waals surface area contributed by atoms with E-state index in [1.54, 1.807) is 31.2 Å². The van der Waals surface area contributed by atoms with E-state index in [4.69, 9.17) is 4.74 Å². The smallest absolute Gasteiger partial charge is 0.341 e. The molecule has 170 valence electrons. The third-order valence-electron chi connectivity index (χ3n) is 5.59. The van der Waals surface area contributed by atoms with E-state index in [-0.39, 0.29) is 24.8 Å². The number of esters is 1. The van der Waals surface area contributed by atoms with Gasteiger partial charge in [0, 0.05) is 10.4 Å². The van der Waals surface area contributed by atoms with Gasteiger partial charge in [-0.2, -0.15) is 0 Å². The first-order valence-corrected chi connectivity index (χ1v) is 11.9. The van der Waals surface area contributed by atoms with E-state index in [0.29, 0.717) is 16.1 Å². The molecule has 0 bridgehead atoms. The van der Waals surface area contributed by atoms with Crippen molar-refractivity contribution >= 4 is 34.1 Å². The van der Waals surface area contributed by atoms with Gasteiger partial charge in [0.05, 0.1) is 24.6 Å². The Morgan fingerprint density at radius 3 is 2.39 bits per heavy atom. The van der Waals surface area contributed by atoms with Gasteiger partial charge in [-0.1, -0.05) is 48.5 Å². The molecule has 33 heavy (non-hydrogen) atoms. The Bertz CT molecular complexity index is 1140. The van der Waals surface area contributed by atoms with Crippen LogP contribution < -0.4 is 10.6 Å². The van der Waals surface area contributed by atoms with E-state index in [9.17, 15) is 14.4 Å². The molecule has 0 radical (unpaired) electrons. The first-order chi connectivity index (χ1) is 16.1. The summed E-state index contributed by atoms with van der Waals surface area (Å²) in [4.78, 5) is 39.6. The van der Waals surface area contributed by atoms with Crippen molar-refractivity contribution in [3.05, 3.63) is 87.8 Å². The molecule has 0 saturated carbocycles. The number of hydrogen-bond acceptors (Lipinski definition) is 5. The van der Waals surface area contributed by atoms with Crippen LogP contribution in [0.1, 0.15) is 62.5 Å². The number of carbonyl (C=O) groups is 3. The lowest BCUT2D eigenvalue weighted by Gasteiger charge is -2.19. The molecule has 2 amide bonds. The van der Waals surface area contributed by atoms with Gasteiger partial charge in [-0.05, 0) is 49.4 Å². The molecule has 0 saturated heterocycles. The minimum atomic E-state index is -0.517. The Kier molecular flexibility index (Phi) is 7.19. The van der Waals surface area contributed by atoms with E-state index in [2.05, 4.69) is 10.6 Å². The Labute approximate surface area is 197 Å². The lowest BCUT2D eigenvalue weighted by atomic mass is 10.0. The monoisotopic (exact) mass is 462 g/mol. The number of anilines is 1. The summed E-state index contributed by atoms with van der Waals surface area (Å²) in [5.41, 5.74) is 2.83. The molecule has 2 N–H and O–H groups in total. The summed E-state index contributed by atoms with van der Waals surface area (Å²) in [5, 5.41) is 6.43. The van der Waals surface area contributed by atoms with Crippen molar-refractivity contribution < 1.29 is 19.1 Å². The molecule has 1 heterocycles. The molecule has 0 fully saturated rings. The highest BCUT2D eigenvalue weighted by molar-refractivity contribution is 7.17. The minimum absolute atomic E-state index is 0.0351. The Morgan fingerprint density at radius 1 is 1.00 bits per heavy atom. The average Bonchev–Trinajstić information content (AvgIpc) is 3.40. The molecular weight excluding hydrogens is 436 g/mol. The lowest BCUT2D eigenvalue weighted by Crippen LogP contribution is -2.31. The van der Waals surface area contributed by atoms with Crippen LogP contribution in [-0.2, 0) is 22.4 Å². The van der Waals surface area contributed by atoms with E-state index < -0.39 is 12.0 Å². The number of amides is 2. The largest absolute Gasteiger partial charge is 0.462 e. The zero-order chi connectivity index (χ0) is 23.2. The van der Waals surface area contributed by atoms with Crippen LogP contribution in [0.15, 0.2) is 60.7 Å². The van der Waals surface area contributed by atoms with Crippen LogP contribution in [0, 0.1) is 0 Å². The zero-order valence-corrected chi connectivity index (χ0v) is 19.2. The predicted molar refractivity (Wildman–Crippen MR) is 129 cm³/mol. The highest BCUT2D eigenvalue weighted by Gasteiger charge is 2.29.